The van der Waals surface area contributed by atoms with Crippen LogP contribution in [0.5, 0.6) is 5.75 Å². The molecule has 3 aromatic rings. The van der Waals surface area contributed by atoms with Crippen molar-refractivity contribution in [3.63, 3.8) is 0 Å². The molecule has 6 nitrogen and oxygen atoms in total. The summed E-state index contributed by atoms with van der Waals surface area (Å²) in [6.07, 6.45) is 6.93. The smallest absolute Gasteiger partial charge is 0.253 e. The van der Waals surface area contributed by atoms with E-state index in [2.05, 4.69) is 14.5 Å². The number of methoxy groups -OCH3 is 1. The lowest BCUT2D eigenvalue weighted by atomic mass is 9.92. The molecule has 0 spiro atoms. The summed E-state index contributed by atoms with van der Waals surface area (Å²) in [6.45, 7) is 2.84. The van der Waals surface area contributed by atoms with Gasteiger partial charge in [-0.2, -0.15) is 0 Å². The first kappa shape index (κ1) is 20.1. The molecule has 5 rings (SSSR count). The number of hydrogen-bond donors (Lipinski definition) is 0. The minimum absolute atomic E-state index is 0.116. The lowest BCUT2D eigenvalue weighted by Gasteiger charge is -2.35. The van der Waals surface area contributed by atoms with Crippen LogP contribution in [0, 0.1) is 0 Å². The zero-order valence-corrected chi connectivity index (χ0v) is 18.3. The Balaban J connectivity index is 1.25. The quantitative estimate of drug-likeness (QED) is 0.611. The number of benzene rings is 2. The van der Waals surface area contributed by atoms with Gasteiger partial charge in [-0.05, 0) is 49.1 Å². The predicted octanol–water partition coefficient (Wildman–Crippen LogP) is 3.79. The number of carbonyl (C=O) groups excluding carboxylic acids is 1. The summed E-state index contributed by atoms with van der Waals surface area (Å²) in [5.41, 5.74) is 3.88. The van der Waals surface area contributed by atoms with E-state index in [9.17, 15) is 4.79 Å². The molecule has 1 saturated heterocycles. The van der Waals surface area contributed by atoms with E-state index in [0.29, 0.717) is 12.6 Å². The Morgan fingerprint density at radius 2 is 1.97 bits per heavy atom. The monoisotopic (exact) mass is 418 g/mol. The average molecular weight is 419 g/mol. The highest BCUT2D eigenvalue weighted by Crippen LogP contribution is 2.29. The van der Waals surface area contributed by atoms with Crippen LogP contribution in [-0.2, 0) is 6.54 Å². The Labute approximate surface area is 183 Å². The van der Waals surface area contributed by atoms with Crippen molar-refractivity contribution in [2.75, 3.05) is 27.2 Å². The summed E-state index contributed by atoms with van der Waals surface area (Å²) >= 11 is 0. The lowest BCUT2D eigenvalue weighted by Crippen LogP contribution is -2.43. The van der Waals surface area contributed by atoms with Gasteiger partial charge in [-0.1, -0.05) is 18.6 Å². The van der Waals surface area contributed by atoms with Gasteiger partial charge in [0.1, 0.15) is 5.75 Å². The summed E-state index contributed by atoms with van der Waals surface area (Å²) in [5, 5.41) is 0. The maximum absolute atomic E-state index is 13.0. The van der Waals surface area contributed by atoms with Crippen molar-refractivity contribution in [1.29, 1.82) is 0 Å². The Kier molecular flexibility index (Phi) is 5.40. The molecule has 2 aromatic carbocycles. The molecule has 1 aliphatic carbocycles. The van der Waals surface area contributed by atoms with Crippen molar-refractivity contribution in [1.82, 2.24) is 19.4 Å². The molecule has 1 saturated carbocycles. The summed E-state index contributed by atoms with van der Waals surface area (Å²) < 4.78 is 7.45. The predicted molar refractivity (Wildman–Crippen MR) is 122 cm³/mol. The number of likely N-dealkylation sites (tertiary alicyclic amines) is 1. The van der Waals surface area contributed by atoms with Gasteiger partial charge >= 0.3 is 0 Å². The molecule has 0 radical (unpaired) electrons. The number of hydrogen-bond acceptors (Lipinski definition) is 4. The number of nitrogens with zero attached hydrogens (tertiary/aromatic N) is 4. The molecule has 31 heavy (non-hydrogen) atoms. The number of imidazole rings is 1. The second-order valence-corrected chi connectivity index (χ2v) is 8.86. The summed E-state index contributed by atoms with van der Waals surface area (Å²) in [6, 6.07) is 15.0. The van der Waals surface area contributed by atoms with Crippen molar-refractivity contribution in [3.05, 3.63) is 59.9 Å². The molecule has 162 valence electrons. The van der Waals surface area contributed by atoms with E-state index in [0.717, 1.165) is 53.5 Å². The molecule has 1 atom stereocenters. The van der Waals surface area contributed by atoms with Gasteiger partial charge in [0, 0.05) is 50.4 Å². The molecule has 2 fully saturated rings. The minimum atomic E-state index is 0.116. The standard InChI is InChI=1S/C25H30N4O2/c1-27(21-12-13-28(16-21)20-4-3-5-20)25(30)19-8-6-18(7-9-19)15-29-17-26-23-11-10-22(31-2)14-24(23)29/h6-11,14,17,20-21H,3-5,12-13,15-16H2,1-2H3. The van der Waals surface area contributed by atoms with Gasteiger partial charge in [0.15, 0.2) is 0 Å². The third-order valence-corrected chi connectivity index (χ3v) is 7.04. The molecule has 1 unspecified atom stereocenters. The van der Waals surface area contributed by atoms with E-state index < -0.39 is 0 Å². The highest BCUT2D eigenvalue weighted by molar-refractivity contribution is 5.94. The maximum Gasteiger partial charge on any atom is 0.253 e. The van der Waals surface area contributed by atoms with Crippen LogP contribution in [0.25, 0.3) is 11.0 Å². The van der Waals surface area contributed by atoms with Crippen LogP contribution in [0.2, 0.25) is 0 Å². The number of aromatic nitrogens is 2. The number of carbonyl (C=O) groups is 1. The fraction of sp³-hybridized carbons (Fsp3) is 0.440. The second-order valence-electron chi connectivity index (χ2n) is 8.86. The van der Waals surface area contributed by atoms with E-state index in [-0.39, 0.29) is 5.91 Å². The number of rotatable bonds is 6. The van der Waals surface area contributed by atoms with Crippen LogP contribution in [0.4, 0.5) is 0 Å². The van der Waals surface area contributed by atoms with Crippen molar-refractivity contribution in [2.24, 2.45) is 0 Å². The van der Waals surface area contributed by atoms with Gasteiger partial charge in [0.2, 0.25) is 0 Å². The normalized spacial score (nSPS) is 19.5. The molecule has 1 aliphatic heterocycles. The topological polar surface area (TPSA) is 50.6 Å². The average Bonchev–Trinajstić information content (AvgIpc) is 3.39. The lowest BCUT2D eigenvalue weighted by molar-refractivity contribution is 0.0720. The van der Waals surface area contributed by atoms with E-state index >= 15 is 0 Å². The summed E-state index contributed by atoms with van der Waals surface area (Å²) in [5.74, 6) is 0.936. The fourth-order valence-electron chi connectivity index (χ4n) is 4.78. The minimum Gasteiger partial charge on any atom is -0.497 e. The molecule has 1 amide bonds. The van der Waals surface area contributed by atoms with Crippen LogP contribution in [0.1, 0.15) is 41.6 Å². The maximum atomic E-state index is 13.0. The van der Waals surface area contributed by atoms with Gasteiger partial charge < -0.3 is 14.2 Å². The van der Waals surface area contributed by atoms with Gasteiger partial charge in [-0.25, -0.2) is 4.98 Å². The third-order valence-electron chi connectivity index (χ3n) is 7.04. The van der Waals surface area contributed by atoms with E-state index in [4.69, 9.17) is 4.74 Å². The summed E-state index contributed by atoms with van der Waals surface area (Å²) in [4.78, 5) is 22.0. The Morgan fingerprint density at radius 3 is 2.68 bits per heavy atom. The Bertz CT molecular complexity index is 1070. The fourth-order valence-corrected chi connectivity index (χ4v) is 4.78. The van der Waals surface area contributed by atoms with Crippen molar-refractivity contribution >= 4 is 16.9 Å². The SMILES string of the molecule is COc1ccc2ncn(Cc3ccc(C(=O)N(C)C4CCN(C5CCC5)C4)cc3)c2c1. The van der Waals surface area contributed by atoms with E-state index in [1.807, 2.05) is 60.7 Å². The first-order chi connectivity index (χ1) is 15.1. The summed E-state index contributed by atoms with van der Waals surface area (Å²) in [7, 11) is 3.63. The molecule has 2 aliphatic rings. The van der Waals surface area contributed by atoms with Gasteiger partial charge in [0.05, 0.1) is 24.5 Å². The molecular weight excluding hydrogens is 388 g/mol. The van der Waals surface area contributed by atoms with Gasteiger partial charge in [-0.3, -0.25) is 9.69 Å². The molecule has 0 bridgehead atoms. The van der Waals surface area contributed by atoms with Gasteiger partial charge in [0.25, 0.3) is 5.91 Å². The Hall–Kier alpha value is -2.86. The molecule has 1 aromatic heterocycles. The highest BCUT2D eigenvalue weighted by Gasteiger charge is 2.34. The van der Waals surface area contributed by atoms with E-state index in [1.54, 1.807) is 7.11 Å². The van der Waals surface area contributed by atoms with Crippen molar-refractivity contribution < 1.29 is 9.53 Å². The van der Waals surface area contributed by atoms with Crippen LogP contribution < -0.4 is 4.74 Å². The molecule has 2 heterocycles. The first-order valence-electron chi connectivity index (χ1n) is 11.2. The molecular formula is C25H30N4O2. The van der Waals surface area contributed by atoms with Crippen LogP contribution in [0.3, 0.4) is 0 Å². The number of fused-ring (bicyclic) bond motifs is 1. The zero-order chi connectivity index (χ0) is 21.4. The number of amides is 1. The molecule has 0 N–H and O–H groups in total. The third kappa shape index (κ3) is 3.92. The molecule has 6 heteroatoms. The Morgan fingerprint density at radius 1 is 1.16 bits per heavy atom. The second kappa shape index (κ2) is 8.35. The zero-order valence-electron chi connectivity index (χ0n) is 18.3. The van der Waals surface area contributed by atoms with Crippen LogP contribution in [0.15, 0.2) is 48.8 Å². The van der Waals surface area contributed by atoms with Crippen LogP contribution in [-0.4, -0.2) is 64.6 Å². The van der Waals surface area contributed by atoms with E-state index in [1.165, 1.54) is 19.3 Å². The highest BCUT2D eigenvalue weighted by atomic mass is 16.5. The first-order valence-corrected chi connectivity index (χ1v) is 11.2. The number of ether oxygens (including phenoxy) is 1. The van der Waals surface area contributed by atoms with Crippen LogP contribution >= 0.6 is 0 Å². The van der Waals surface area contributed by atoms with Gasteiger partial charge in [-0.15, -0.1) is 0 Å². The van der Waals surface area contributed by atoms with Crippen molar-refractivity contribution in [2.45, 2.75) is 44.3 Å². The van der Waals surface area contributed by atoms with Crippen molar-refractivity contribution in [3.8, 4) is 5.75 Å². The largest absolute Gasteiger partial charge is 0.497 e. The number of likely N-dealkylation sites (N-methyl/N-ethyl adjacent to an activating group) is 1.